The van der Waals surface area contributed by atoms with Crippen LogP contribution >= 0.6 is 0 Å². The Balaban J connectivity index is 3.58. The summed E-state index contributed by atoms with van der Waals surface area (Å²) >= 11 is 0. The summed E-state index contributed by atoms with van der Waals surface area (Å²) in [5, 5.41) is 0. The zero-order valence-electron chi connectivity index (χ0n) is 5.70. The fraction of sp³-hybridized carbons (Fsp3) is 1.00. The molecule has 8 heavy (non-hydrogen) atoms. The second kappa shape index (κ2) is 3.02. The fourth-order valence-corrected chi connectivity index (χ4v) is 0.539. The van der Waals surface area contributed by atoms with Crippen LogP contribution in [0.5, 0.6) is 0 Å². The lowest BCUT2D eigenvalue weighted by Crippen LogP contribution is -2.22. The van der Waals surface area contributed by atoms with Crippen molar-refractivity contribution < 1.29 is 9.13 Å². The zero-order valence-corrected chi connectivity index (χ0v) is 5.70. The van der Waals surface area contributed by atoms with Crippen molar-refractivity contribution in [1.29, 1.82) is 0 Å². The summed E-state index contributed by atoms with van der Waals surface area (Å²) in [6.45, 7) is 3.54. The van der Waals surface area contributed by atoms with Gasteiger partial charge in [0.15, 0.2) is 0 Å². The maximum absolute atomic E-state index is 12.8. The molecule has 0 fully saturated rings. The molecule has 2 heteroatoms. The van der Waals surface area contributed by atoms with E-state index in [-0.39, 0.29) is 0 Å². The van der Waals surface area contributed by atoms with Crippen LogP contribution in [0.15, 0.2) is 0 Å². The molecule has 0 heterocycles. The lowest BCUT2D eigenvalue weighted by Gasteiger charge is -2.18. The summed E-state index contributed by atoms with van der Waals surface area (Å²) in [6, 6.07) is 0. The van der Waals surface area contributed by atoms with E-state index in [9.17, 15) is 4.39 Å². The topological polar surface area (TPSA) is 9.23 Å². The van der Waals surface area contributed by atoms with Crippen molar-refractivity contribution in [1.82, 2.24) is 0 Å². The third-order valence-corrected chi connectivity index (χ3v) is 1.42. The maximum Gasteiger partial charge on any atom is 0.208 e. The van der Waals surface area contributed by atoms with Gasteiger partial charge in [0, 0.05) is 20.0 Å². The summed E-state index contributed by atoms with van der Waals surface area (Å²) in [5.74, 6) is -1.38. The lowest BCUT2D eigenvalue weighted by atomic mass is 10.2. The Morgan fingerprint density at radius 2 is 1.75 bits per heavy atom. The van der Waals surface area contributed by atoms with Crippen LogP contribution in [-0.2, 0) is 4.74 Å². The molecule has 0 radical (unpaired) electrons. The Morgan fingerprint density at radius 1 is 1.38 bits per heavy atom. The van der Waals surface area contributed by atoms with Gasteiger partial charge in [-0.1, -0.05) is 13.8 Å². The smallest absolute Gasteiger partial charge is 0.208 e. The van der Waals surface area contributed by atoms with E-state index < -0.39 is 5.85 Å². The van der Waals surface area contributed by atoms with Crippen LogP contribution in [0, 0.1) is 0 Å². The van der Waals surface area contributed by atoms with Crippen molar-refractivity contribution >= 4 is 0 Å². The summed E-state index contributed by atoms with van der Waals surface area (Å²) in [5.41, 5.74) is 0. The van der Waals surface area contributed by atoms with Crippen LogP contribution in [0.1, 0.15) is 26.7 Å². The Hall–Kier alpha value is -0.110. The van der Waals surface area contributed by atoms with E-state index in [1.165, 1.54) is 7.11 Å². The SMILES string of the molecule is CCC(F)(CC)OC. The molecule has 0 saturated carbocycles. The highest BCUT2D eigenvalue weighted by Crippen LogP contribution is 2.19. The van der Waals surface area contributed by atoms with Crippen LogP contribution in [0.4, 0.5) is 4.39 Å². The molecular weight excluding hydrogens is 107 g/mol. The number of methoxy groups -OCH3 is 1. The molecular formula is C6H13FO. The molecule has 0 amide bonds. The number of ether oxygens (including phenoxy) is 1. The van der Waals surface area contributed by atoms with Gasteiger partial charge in [-0.2, -0.15) is 0 Å². The first-order valence-electron chi connectivity index (χ1n) is 2.92. The van der Waals surface area contributed by atoms with Crippen LogP contribution in [0.2, 0.25) is 0 Å². The molecule has 0 bridgehead atoms. The van der Waals surface area contributed by atoms with Crippen LogP contribution in [-0.4, -0.2) is 13.0 Å². The predicted molar refractivity (Wildman–Crippen MR) is 31.4 cm³/mol. The molecule has 0 unspecified atom stereocenters. The lowest BCUT2D eigenvalue weighted by molar-refractivity contribution is -0.125. The number of rotatable bonds is 3. The van der Waals surface area contributed by atoms with Crippen molar-refractivity contribution in [2.24, 2.45) is 0 Å². The maximum atomic E-state index is 12.8. The molecule has 0 aliphatic heterocycles. The van der Waals surface area contributed by atoms with Crippen molar-refractivity contribution in [3.63, 3.8) is 0 Å². The van der Waals surface area contributed by atoms with Crippen LogP contribution < -0.4 is 0 Å². The van der Waals surface area contributed by atoms with Gasteiger partial charge in [0.1, 0.15) is 0 Å². The first-order chi connectivity index (χ1) is 3.68. The van der Waals surface area contributed by atoms with Crippen LogP contribution in [0.25, 0.3) is 0 Å². The van der Waals surface area contributed by atoms with Gasteiger partial charge in [0.25, 0.3) is 0 Å². The highest BCUT2D eigenvalue weighted by Gasteiger charge is 2.22. The minimum absolute atomic E-state index is 0.431. The number of halogens is 1. The molecule has 1 nitrogen and oxygen atoms in total. The highest BCUT2D eigenvalue weighted by molar-refractivity contribution is 4.60. The Bertz CT molecular complexity index is 51.3. The molecule has 0 rings (SSSR count). The fourth-order valence-electron chi connectivity index (χ4n) is 0.539. The van der Waals surface area contributed by atoms with E-state index in [1.54, 1.807) is 13.8 Å². The quantitative estimate of drug-likeness (QED) is 0.554. The number of hydrogen-bond acceptors (Lipinski definition) is 1. The van der Waals surface area contributed by atoms with E-state index in [0.717, 1.165) is 0 Å². The summed E-state index contributed by atoms with van der Waals surface area (Å²) in [6.07, 6.45) is 0.861. The Morgan fingerprint density at radius 3 is 1.75 bits per heavy atom. The van der Waals surface area contributed by atoms with E-state index in [1.807, 2.05) is 0 Å². The monoisotopic (exact) mass is 120 g/mol. The average Bonchev–Trinajstić information content (AvgIpc) is 1.87. The van der Waals surface area contributed by atoms with Crippen molar-refractivity contribution in [3.05, 3.63) is 0 Å². The molecule has 0 aromatic rings. The summed E-state index contributed by atoms with van der Waals surface area (Å²) < 4.78 is 17.3. The van der Waals surface area contributed by atoms with E-state index in [4.69, 9.17) is 0 Å². The van der Waals surface area contributed by atoms with E-state index in [2.05, 4.69) is 4.74 Å². The van der Waals surface area contributed by atoms with E-state index >= 15 is 0 Å². The summed E-state index contributed by atoms with van der Waals surface area (Å²) in [7, 11) is 1.40. The minimum Gasteiger partial charge on any atom is -0.349 e. The molecule has 0 saturated heterocycles. The van der Waals surface area contributed by atoms with Gasteiger partial charge in [-0.25, -0.2) is 4.39 Å². The van der Waals surface area contributed by atoms with Gasteiger partial charge >= 0.3 is 0 Å². The van der Waals surface area contributed by atoms with Gasteiger partial charge in [0.2, 0.25) is 5.85 Å². The first kappa shape index (κ1) is 7.89. The molecule has 0 aliphatic rings. The number of hydrogen-bond donors (Lipinski definition) is 0. The second-order valence-electron chi connectivity index (χ2n) is 1.79. The normalized spacial score (nSPS) is 12.0. The standard InChI is InChI=1S/C6H13FO/c1-4-6(7,5-2)8-3/h4-5H2,1-3H3. The summed E-state index contributed by atoms with van der Waals surface area (Å²) in [4.78, 5) is 0. The molecule has 0 N–H and O–H groups in total. The highest BCUT2D eigenvalue weighted by atomic mass is 19.2. The Kier molecular flexibility index (Phi) is 2.98. The third-order valence-electron chi connectivity index (χ3n) is 1.42. The van der Waals surface area contributed by atoms with Gasteiger partial charge < -0.3 is 4.74 Å². The third kappa shape index (κ3) is 1.78. The largest absolute Gasteiger partial charge is 0.349 e. The van der Waals surface area contributed by atoms with Crippen molar-refractivity contribution in [2.75, 3.05) is 7.11 Å². The van der Waals surface area contributed by atoms with Gasteiger partial charge in [-0.15, -0.1) is 0 Å². The van der Waals surface area contributed by atoms with E-state index in [0.29, 0.717) is 12.8 Å². The molecule has 0 atom stereocenters. The molecule has 0 aromatic heterocycles. The zero-order chi connectivity index (χ0) is 6.62. The van der Waals surface area contributed by atoms with Gasteiger partial charge in [-0.05, 0) is 0 Å². The molecule has 50 valence electrons. The van der Waals surface area contributed by atoms with Crippen molar-refractivity contribution in [3.8, 4) is 0 Å². The predicted octanol–water partition coefficient (Wildman–Crippen LogP) is 2.12. The molecule has 0 aromatic carbocycles. The minimum atomic E-state index is -1.38. The molecule has 0 spiro atoms. The Labute approximate surface area is 49.8 Å². The molecule has 0 aliphatic carbocycles. The first-order valence-corrected chi connectivity index (χ1v) is 2.92. The van der Waals surface area contributed by atoms with Crippen LogP contribution in [0.3, 0.4) is 0 Å². The average molecular weight is 120 g/mol. The number of alkyl halides is 1. The van der Waals surface area contributed by atoms with Gasteiger partial charge in [-0.3, -0.25) is 0 Å². The van der Waals surface area contributed by atoms with Gasteiger partial charge in [0.05, 0.1) is 0 Å². The second-order valence-corrected chi connectivity index (χ2v) is 1.79. The van der Waals surface area contributed by atoms with Crippen molar-refractivity contribution in [2.45, 2.75) is 32.5 Å².